The smallest absolute Gasteiger partial charge is 0.303 e. The van der Waals surface area contributed by atoms with Gasteiger partial charge in [-0.1, -0.05) is 58.8 Å². The van der Waals surface area contributed by atoms with Crippen molar-refractivity contribution >= 4 is 11.9 Å². The van der Waals surface area contributed by atoms with Crippen molar-refractivity contribution in [1.82, 2.24) is 5.32 Å². The largest absolute Gasteiger partial charge is 0.481 e. The first-order chi connectivity index (χ1) is 9.56. The van der Waals surface area contributed by atoms with Crippen LogP contribution in [-0.2, 0) is 9.59 Å². The lowest BCUT2D eigenvalue weighted by Crippen LogP contribution is -2.28. The van der Waals surface area contributed by atoms with Crippen LogP contribution in [0.1, 0.15) is 78.1 Å². The van der Waals surface area contributed by atoms with E-state index >= 15 is 0 Å². The summed E-state index contributed by atoms with van der Waals surface area (Å²) in [6.07, 6.45) is 10.5. The highest BCUT2D eigenvalue weighted by Crippen LogP contribution is 2.09. The van der Waals surface area contributed by atoms with Crippen molar-refractivity contribution in [2.75, 3.05) is 6.54 Å². The Morgan fingerprint density at radius 2 is 1.55 bits per heavy atom. The van der Waals surface area contributed by atoms with Crippen LogP contribution in [0.3, 0.4) is 0 Å². The van der Waals surface area contributed by atoms with Crippen LogP contribution in [0.4, 0.5) is 0 Å². The van der Waals surface area contributed by atoms with Gasteiger partial charge >= 0.3 is 5.97 Å². The predicted octanol–water partition coefficient (Wildman–Crippen LogP) is 3.74. The molecule has 0 radical (unpaired) electrons. The van der Waals surface area contributed by atoms with Crippen molar-refractivity contribution in [3.05, 3.63) is 0 Å². The van der Waals surface area contributed by atoms with E-state index in [2.05, 4.69) is 12.2 Å². The van der Waals surface area contributed by atoms with Gasteiger partial charge < -0.3 is 10.4 Å². The summed E-state index contributed by atoms with van der Waals surface area (Å²) < 4.78 is 0. The van der Waals surface area contributed by atoms with E-state index in [1.165, 1.54) is 38.5 Å². The Bertz CT molecular complexity index is 266. The predicted molar refractivity (Wildman–Crippen MR) is 81.7 cm³/mol. The lowest BCUT2D eigenvalue weighted by atomic mass is 10.1. The number of amides is 1. The molecule has 0 fully saturated rings. The number of rotatable bonds is 13. The molecule has 0 spiro atoms. The molecular weight excluding hydrogens is 254 g/mol. The summed E-state index contributed by atoms with van der Waals surface area (Å²) in [5.41, 5.74) is 0. The van der Waals surface area contributed by atoms with Gasteiger partial charge in [-0.15, -0.1) is 0 Å². The maximum absolute atomic E-state index is 11.5. The van der Waals surface area contributed by atoms with Crippen molar-refractivity contribution in [2.45, 2.75) is 78.1 Å². The van der Waals surface area contributed by atoms with Crippen molar-refractivity contribution in [3.63, 3.8) is 0 Å². The SMILES string of the molecule is CCCCCCCCCCC(=O)NC[C@@H](C)CC(=O)O. The molecule has 1 atom stereocenters. The molecule has 0 rings (SSSR count). The maximum Gasteiger partial charge on any atom is 0.303 e. The third kappa shape index (κ3) is 13.4. The molecule has 0 aliphatic carbocycles. The quantitative estimate of drug-likeness (QED) is 0.506. The normalized spacial score (nSPS) is 12.1. The molecule has 0 saturated carbocycles. The minimum Gasteiger partial charge on any atom is -0.481 e. The Labute approximate surface area is 123 Å². The van der Waals surface area contributed by atoms with Gasteiger partial charge in [-0.05, 0) is 12.3 Å². The van der Waals surface area contributed by atoms with E-state index in [4.69, 9.17) is 5.11 Å². The highest BCUT2D eigenvalue weighted by atomic mass is 16.4. The van der Waals surface area contributed by atoms with E-state index in [0.29, 0.717) is 13.0 Å². The lowest BCUT2D eigenvalue weighted by molar-refractivity contribution is -0.138. The van der Waals surface area contributed by atoms with Gasteiger partial charge in [0.15, 0.2) is 0 Å². The summed E-state index contributed by atoms with van der Waals surface area (Å²) in [7, 11) is 0. The molecule has 0 aliphatic heterocycles. The van der Waals surface area contributed by atoms with Crippen molar-refractivity contribution < 1.29 is 14.7 Å². The van der Waals surface area contributed by atoms with Crippen LogP contribution >= 0.6 is 0 Å². The monoisotopic (exact) mass is 285 g/mol. The van der Waals surface area contributed by atoms with E-state index in [0.717, 1.165) is 12.8 Å². The van der Waals surface area contributed by atoms with Crippen molar-refractivity contribution in [2.24, 2.45) is 5.92 Å². The Kier molecular flexibility index (Phi) is 12.3. The van der Waals surface area contributed by atoms with Crippen molar-refractivity contribution in [1.29, 1.82) is 0 Å². The van der Waals surface area contributed by atoms with Gasteiger partial charge in [0.25, 0.3) is 0 Å². The Morgan fingerprint density at radius 1 is 1.00 bits per heavy atom. The summed E-state index contributed by atoms with van der Waals surface area (Å²) in [6.45, 7) is 4.52. The first kappa shape index (κ1) is 18.9. The summed E-state index contributed by atoms with van der Waals surface area (Å²) in [5, 5.41) is 11.4. The van der Waals surface area contributed by atoms with E-state index < -0.39 is 5.97 Å². The molecule has 0 aromatic heterocycles. The fourth-order valence-electron chi connectivity index (χ4n) is 2.17. The minimum atomic E-state index is -0.810. The number of unbranched alkanes of at least 4 members (excludes halogenated alkanes) is 7. The Balaban J connectivity index is 3.34. The van der Waals surface area contributed by atoms with Crippen LogP contribution in [0.5, 0.6) is 0 Å². The Morgan fingerprint density at radius 3 is 2.10 bits per heavy atom. The molecule has 20 heavy (non-hydrogen) atoms. The van der Waals surface area contributed by atoms with Gasteiger partial charge in [-0.2, -0.15) is 0 Å². The maximum atomic E-state index is 11.5. The standard InChI is InChI=1S/C16H31NO3/c1-3-4-5-6-7-8-9-10-11-15(18)17-13-14(2)12-16(19)20/h14H,3-13H2,1-2H3,(H,17,18)(H,19,20)/t14-/m0/s1. The number of hydrogen-bond donors (Lipinski definition) is 2. The molecule has 0 aromatic rings. The average Bonchev–Trinajstić information content (AvgIpc) is 2.38. The number of nitrogens with one attached hydrogen (secondary N) is 1. The van der Waals surface area contributed by atoms with Crippen molar-refractivity contribution in [3.8, 4) is 0 Å². The number of carbonyl (C=O) groups excluding carboxylic acids is 1. The van der Waals surface area contributed by atoms with Gasteiger partial charge in [-0.3, -0.25) is 9.59 Å². The number of aliphatic carboxylic acids is 1. The number of carboxylic acid groups (broad SMARTS) is 1. The molecule has 0 aliphatic rings. The average molecular weight is 285 g/mol. The molecule has 0 saturated heterocycles. The van der Waals surface area contributed by atoms with Gasteiger partial charge in [0.05, 0.1) is 0 Å². The zero-order valence-corrected chi connectivity index (χ0v) is 13.1. The fraction of sp³-hybridized carbons (Fsp3) is 0.875. The van der Waals surface area contributed by atoms with Crippen LogP contribution in [-0.4, -0.2) is 23.5 Å². The zero-order valence-electron chi connectivity index (χ0n) is 13.1. The first-order valence-electron chi connectivity index (χ1n) is 8.04. The van der Waals surface area contributed by atoms with Gasteiger partial charge in [-0.25, -0.2) is 0 Å². The fourth-order valence-corrected chi connectivity index (χ4v) is 2.17. The van der Waals surface area contributed by atoms with Crippen LogP contribution in [0, 0.1) is 5.92 Å². The summed E-state index contributed by atoms with van der Waals surface area (Å²) in [5.74, 6) is -0.766. The van der Waals surface area contributed by atoms with E-state index in [1.807, 2.05) is 6.92 Å². The van der Waals surface area contributed by atoms with Crippen LogP contribution < -0.4 is 5.32 Å². The molecule has 0 unspecified atom stereocenters. The van der Waals surface area contributed by atoms with Gasteiger partial charge in [0.1, 0.15) is 0 Å². The summed E-state index contributed by atoms with van der Waals surface area (Å²) in [4.78, 5) is 22.0. The topological polar surface area (TPSA) is 66.4 Å². The van der Waals surface area contributed by atoms with Crippen LogP contribution in [0.15, 0.2) is 0 Å². The second-order valence-electron chi connectivity index (χ2n) is 5.73. The number of carbonyl (C=O) groups is 2. The third-order valence-electron chi connectivity index (χ3n) is 3.43. The van der Waals surface area contributed by atoms with Gasteiger partial charge in [0.2, 0.25) is 5.91 Å². The second kappa shape index (κ2) is 12.9. The zero-order chi connectivity index (χ0) is 15.2. The lowest BCUT2D eigenvalue weighted by Gasteiger charge is -2.10. The highest BCUT2D eigenvalue weighted by molar-refractivity contribution is 5.75. The highest BCUT2D eigenvalue weighted by Gasteiger charge is 2.09. The van der Waals surface area contributed by atoms with Gasteiger partial charge in [0, 0.05) is 19.4 Å². The third-order valence-corrected chi connectivity index (χ3v) is 3.43. The molecule has 0 heterocycles. The first-order valence-corrected chi connectivity index (χ1v) is 8.04. The van der Waals surface area contributed by atoms with E-state index in [-0.39, 0.29) is 18.2 Å². The van der Waals surface area contributed by atoms with Crippen LogP contribution in [0.25, 0.3) is 0 Å². The van der Waals surface area contributed by atoms with E-state index in [1.54, 1.807) is 0 Å². The number of hydrogen-bond acceptors (Lipinski definition) is 2. The molecule has 1 amide bonds. The van der Waals surface area contributed by atoms with Crippen LogP contribution in [0.2, 0.25) is 0 Å². The van der Waals surface area contributed by atoms with E-state index in [9.17, 15) is 9.59 Å². The molecule has 4 heteroatoms. The molecule has 2 N–H and O–H groups in total. The molecule has 0 aromatic carbocycles. The molecular formula is C16H31NO3. The molecule has 4 nitrogen and oxygen atoms in total. The summed E-state index contributed by atoms with van der Waals surface area (Å²) >= 11 is 0. The minimum absolute atomic E-state index is 0.00462. The summed E-state index contributed by atoms with van der Waals surface area (Å²) in [6, 6.07) is 0. The molecule has 0 bridgehead atoms. The number of carboxylic acids is 1. The molecule has 118 valence electrons. The second-order valence-corrected chi connectivity index (χ2v) is 5.73. The Hall–Kier alpha value is -1.06.